The van der Waals surface area contributed by atoms with Gasteiger partial charge in [-0.25, -0.2) is 0 Å². The molecule has 0 saturated heterocycles. The molecular formula is C14H11Cl2NO2. The summed E-state index contributed by atoms with van der Waals surface area (Å²) >= 11 is 11.8. The highest BCUT2D eigenvalue weighted by atomic mass is 35.5. The Bertz CT molecular complexity index is 632. The molecule has 1 aromatic carbocycles. The molecule has 0 bridgehead atoms. The lowest BCUT2D eigenvalue weighted by Gasteiger charge is -2.05. The molecule has 1 amide bonds. The summed E-state index contributed by atoms with van der Waals surface area (Å²) in [5.41, 5.74) is 0.472. The molecule has 5 heteroatoms. The van der Waals surface area contributed by atoms with Crippen molar-refractivity contribution in [2.24, 2.45) is 0 Å². The number of amides is 1. The number of rotatable bonds is 3. The van der Waals surface area contributed by atoms with Gasteiger partial charge in [-0.3, -0.25) is 4.79 Å². The number of carbonyl (C=O) groups is 1. The lowest BCUT2D eigenvalue weighted by atomic mass is 10.3. The minimum absolute atomic E-state index is 0.307. The van der Waals surface area contributed by atoms with Crippen LogP contribution >= 0.6 is 23.2 Å². The Labute approximate surface area is 120 Å². The number of hydrogen-bond acceptors (Lipinski definition) is 2. The molecule has 0 unspecified atom stereocenters. The van der Waals surface area contributed by atoms with Gasteiger partial charge in [0, 0.05) is 6.08 Å². The molecule has 0 fully saturated rings. The monoisotopic (exact) mass is 295 g/mol. The molecule has 1 N–H and O–H groups in total. The summed E-state index contributed by atoms with van der Waals surface area (Å²) in [6.07, 6.45) is 2.95. The van der Waals surface area contributed by atoms with E-state index in [2.05, 4.69) is 5.32 Å². The summed E-state index contributed by atoms with van der Waals surface area (Å²) in [6.45, 7) is 1.84. The van der Waals surface area contributed by atoms with Crippen molar-refractivity contribution in [3.05, 3.63) is 58.0 Å². The minimum atomic E-state index is -0.307. The van der Waals surface area contributed by atoms with E-state index in [1.165, 1.54) is 6.08 Å². The normalized spacial score (nSPS) is 10.9. The smallest absolute Gasteiger partial charge is 0.248 e. The molecule has 0 aliphatic rings. The summed E-state index contributed by atoms with van der Waals surface area (Å²) in [5, 5.41) is 3.36. The molecule has 19 heavy (non-hydrogen) atoms. The largest absolute Gasteiger partial charge is 0.462 e. The van der Waals surface area contributed by atoms with E-state index in [0.717, 1.165) is 5.76 Å². The zero-order valence-electron chi connectivity index (χ0n) is 10.1. The SMILES string of the molecule is Cc1ccc(/C=C\C(=O)Nc2cccc(Cl)c2Cl)o1. The van der Waals surface area contributed by atoms with Crippen molar-refractivity contribution < 1.29 is 9.21 Å². The topological polar surface area (TPSA) is 42.2 Å². The van der Waals surface area contributed by atoms with E-state index in [9.17, 15) is 4.79 Å². The fraction of sp³-hybridized carbons (Fsp3) is 0.0714. The molecule has 0 radical (unpaired) electrons. The highest BCUT2D eigenvalue weighted by Crippen LogP contribution is 2.29. The van der Waals surface area contributed by atoms with E-state index in [-0.39, 0.29) is 5.91 Å². The zero-order valence-corrected chi connectivity index (χ0v) is 11.6. The number of aryl methyl sites for hydroxylation is 1. The highest BCUT2D eigenvalue weighted by Gasteiger charge is 2.06. The lowest BCUT2D eigenvalue weighted by Crippen LogP contribution is -2.08. The second-order valence-electron chi connectivity index (χ2n) is 3.87. The first-order chi connectivity index (χ1) is 9.06. The van der Waals surface area contributed by atoms with Crippen molar-refractivity contribution in [2.75, 3.05) is 5.32 Å². The van der Waals surface area contributed by atoms with Crippen molar-refractivity contribution in [3.8, 4) is 0 Å². The molecule has 2 aromatic rings. The van der Waals surface area contributed by atoms with Gasteiger partial charge >= 0.3 is 0 Å². The third kappa shape index (κ3) is 3.63. The Morgan fingerprint density at radius 3 is 2.74 bits per heavy atom. The zero-order chi connectivity index (χ0) is 13.8. The Kier molecular flexibility index (Phi) is 4.30. The third-order valence-corrected chi connectivity index (χ3v) is 3.19. The van der Waals surface area contributed by atoms with Crippen LogP contribution in [0.2, 0.25) is 10.0 Å². The lowest BCUT2D eigenvalue weighted by molar-refractivity contribution is -0.111. The maximum absolute atomic E-state index is 11.7. The van der Waals surface area contributed by atoms with Gasteiger partial charge in [-0.2, -0.15) is 0 Å². The van der Waals surface area contributed by atoms with E-state index in [0.29, 0.717) is 21.5 Å². The van der Waals surface area contributed by atoms with Crippen LogP contribution in [0.15, 0.2) is 40.8 Å². The van der Waals surface area contributed by atoms with E-state index in [1.54, 1.807) is 30.3 Å². The van der Waals surface area contributed by atoms with Crippen LogP contribution < -0.4 is 5.32 Å². The van der Waals surface area contributed by atoms with Crippen LogP contribution in [0.4, 0.5) is 5.69 Å². The summed E-state index contributed by atoms with van der Waals surface area (Å²) < 4.78 is 5.31. The highest BCUT2D eigenvalue weighted by molar-refractivity contribution is 6.44. The number of benzene rings is 1. The summed E-state index contributed by atoms with van der Waals surface area (Å²) in [7, 11) is 0. The van der Waals surface area contributed by atoms with E-state index in [4.69, 9.17) is 27.6 Å². The molecule has 0 aliphatic carbocycles. The fourth-order valence-corrected chi connectivity index (χ4v) is 1.82. The van der Waals surface area contributed by atoms with Gasteiger partial charge in [0.15, 0.2) is 0 Å². The van der Waals surface area contributed by atoms with Gasteiger partial charge in [0.2, 0.25) is 5.91 Å². The Morgan fingerprint density at radius 1 is 1.26 bits per heavy atom. The first-order valence-electron chi connectivity index (χ1n) is 5.56. The number of furan rings is 1. The van der Waals surface area contributed by atoms with Crippen LogP contribution in [0.1, 0.15) is 11.5 Å². The van der Waals surface area contributed by atoms with E-state index in [1.807, 2.05) is 13.0 Å². The maximum atomic E-state index is 11.7. The Morgan fingerprint density at radius 2 is 2.05 bits per heavy atom. The molecule has 1 heterocycles. The number of hydrogen-bond donors (Lipinski definition) is 1. The van der Waals surface area contributed by atoms with Crippen LogP contribution in [0, 0.1) is 6.92 Å². The van der Waals surface area contributed by atoms with Crippen LogP contribution in [-0.4, -0.2) is 5.91 Å². The standard InChI is InChI=1S/C14H11Cl2NO2/c1-9-5-6-10(19-9)7-8-13(18)17-12-4-2-3-11(15)14(12)16/h2-8H,1H3,(H,17,18)/b8-7-. The van der Waals surface area contributed by atoms with Gasteiger partial charge in [-0.05, 0) is 37.3 Å². The van der Waals surface area contributed by atoms with E-state index >= 15 is 0 Å². The van der Waals surface area contributed by atoms with Crippen LogP contribution in [0.25, 0.3) is 6.08 Å². The van der Waals surface area contributed by atoms with Gasteiger partial charge in [0.05, 0.1) is 15.7 Å². The van der Waals surface area contributed by atoms with Crippen molar-refractivity contribution in [3.63, 3.8) is 0 Å². The molecule has 2 rings (SSSR count). The predicted molar refractivity (Wildman–Crippen MR) is 77.6 cm³/mol. The first kappa shape index (κ1) is 13.7. The van der Waals surface area contributed by atoms with Crippen LogP contribution in [0.3, 0.4) is 0 Å². The quantitative estimate of drug-likeness (QED) is 0.844. The Balaban J connectivity index is 2.05. The second kappa shape index (κ2) is 5.95. The number of anilines is 1. The van der Waals surface area contributed by atoms with Crippen LogP contribution in [0.5, 0.6) is 0 Å². The summed E-state index contributed by atoms with van der Waals surface area (Å²) in [4.78, 5) is 11.7. The molecule has 3 nitrogen and oxygen atoms in total. The van der Waals surface area contributed by atoms with Gasteiger partial charge < -0.3 is 9.73 Å². The van der Waals surface area contributed by atoms with Gasteiger partial charge in [-0.1, -0.05) is 29.3 Å². The van der Waals surface area contributed by atoms with E-state index < -0.39 is 0 Å². The maximum Gasteiger partial charge on any atom is 0.248 e. The fourth-order valence-electron chi connectivity index (χ4n) is 1.48. The first-order valence-corrected chi connectivity index (χ1v) is 6.31. The summed E-state index contributed by atoms with van der Waals surface area (Å²) in [6, 6.07) is 8.65. The van der Waals surface area contributed by atoms with Gasteiger partial charge in [0.1, 0.15) is 11.5 Å². The molecule has 0 saturated carbocycles. The van der Waals surface area contributed by atoms with Gasteiger partial charge in [-0.15, -0.1) is 0 Å². The average Bonchev–Trinajstić information content (AvgIpc) is 2.78. The molecule has 0 aliphatic heterocycles. The summed E-state index contributed by atoms with van der Waals surface area (Å²) in [5.74, 6) is 1.10. The minimum Gasteiger partial charge on any atom is -0.462 e. The van der Waals surface area contributed by atoms with Gasteiger partial charge in [0.25, 0.3) is 0 Å². The van der Waals surface area contributed by atoms with Crippen molar-refractivity contribution in [1.29, 1.82) is 0 Å². The van der Waals surface area contributed by atoms with Crippen molar-refractivity contribution in [1.82, 2.24) is 0 Å². The molecule has 1 aromatic heterocycles. The average molecular weight is 296 g/mol. The predicted octanol–water partition coefficient (Wildman–Crippen LogP) is 4.55. The second-order valence-corrected chi connectivity index (χ2v) is 4.66. The van der Waals surface area contributed by atoms with Crippen LogP contribution in [-0.2, 0) is 4.79 Å². The number of halogens is 2. The molecule has 0 spiro atoms. The van der Waals surface area contributed by atoms with Crippen molar-refractivity contribution in [2.45, 2.75) is 6.92 Å². The van der Waals surface area contributed by atoms with Crippen molar-refractivity contribution >= 4 is 40.9 Å². The number of carbonyl (C=O) groups excluding carboxylic acids is 1. The molecule has 98 valence electrons. The number of nitrogens with one attached hydrogen (secondary N) is 1. The Hall–Kier alpha value is -1.71. The molecular weight excluding hydrogens is 285 g/mol. The third-order valence-electron chi connectivity index (χ3n) is 2.37. The molecule has 0 atom stereocenters.